The average Bonchev–Trinajstić information content (AvgIpc) is 1.99. The van der Waals surface area contributed by atoms with Gasteiger partial charge in [0.1, 0.15) is 12.2 Å². The highest BCUT2D eigenvalue weighted by Crippen LogP contribution is 2.09. The number of ketones is 1. The third-order valence-electron chi connectivity index (χ3n) is 1.27. The second-order valence-corrected chi connectivity index (χ2v) is 3.85. The molecule has 0 spiro atoms. The molecule has 0 heterocycles. The predicted molar refractivity (Wildman–Crippen MR) is 48.9 cm³/mol. The maximum Gasteiger partial charge on any atom is 0.509 e. The highest BCUT2D eigenvalue weighted by molar-refractivity contribution is 5.85. The monoisotopic (exact) mass is 204 g/mol. The van der Waals surface area contributed by atoms with E-state index in [9.17, 15) is 9.59 Å². The molecular formula is C9H16O5. The van der Waals surface area contributed by atoms with E-state index in [1.54, 1.807) is 20.8 Å². The lowest BCUT2D eigenvalue weighted by atomic mass is 10.2. The third kappa shape index (κ3) is 5.53. The number of hydrogen-bond acceptors (Lipinski definition) is 5. The van der Waals surface area contributed by atoms with Crippen molar-refractivity contribution >= 4 is 11.9 Å². The van der Waals surface area contributed by atoms with E-state index in [2.05, 4.69) is 4.74 Å². The summed E-state index contributed by atoms with van der Waals surface area (Å²) in [7, 11) is 0. The first-order valence-electron chi connectivity index (χ1n) is 4.29. The number of carbonyl (C=O) groups excluding carboxylic acids is 2. The molecule has 0 saturated carbocycles. The standard InChI is InChI=1S/C9H16O5/c1-6(7(11)5-10)13-8(12)14-9(2,3)4/h6,10H,5H2,1-4H3/t6-/m0/s1. The molecule has 0 rings (SSSR count). The topological polar surface area (TPSA) is 72.8 Å². The average molecular weight is 204 g/mol. The van der Waals surface area contributed by atoms with Gasteiger partial charge in [-0.1, -0.05) is 0 Å². The Morgan fingerprint density at radius 2 is 1.86 bits per heavy atom. The van der Waals surface area contributed by atoms with Crippen LogP contribution in [0, 0.1) is 0 Å². The lowest BCUT2D eigenvalue weighted by Gasteiger charge is -2.20. The van der Waals surface area contributed by atoms with Gasteiger partial charge in [-0.25, -0.2) is 4.79 Å². The van der Waals surface area contributed by atoms with E-state index in [1.165, 1.54) is 6.92 Å². The van der Waals surface area contributed by atoms with Gasteiger partial charge in [0.25, 0.3) is 0 Å². The minimum atomic E-state index is -0.977. The summed E-state index contributed by atoms with van der Waals surface area (Å²) in [5.41, 5.74) is -0.654. The molecule has 0 aliphatic rings. The molecule has 1 atom stereocenters. The van der Waals surface area contributed by atoms with E-state index >= 15 is 0 Å². The number of Topliss-reactive ketones (excluding diaryl/α,β-unsaturated/α-hetero) is 1. The van der Waals surface area contributed by atoms with Crippen LogP contribution in [0.3, 0.4) is 0 Å². The second kappa shape index (κ2) is 4.95. The number of aliphatic hydroxyl groups excluding tert-OH is 1. The number of carbonyl (C=O) groups is 2. The molecular weight excluding hydrogens is 188 g/mol. The Morgan fingerprint density at radius 3 is 2.21 bits per heavy atom. The molecule has 82 valence electrons. The van der Waals surface area contributed by atoms with Crippen molar-refractivity contribution in [3.63, 3.8) is 0 Å². The molecule has 0 fully saturated rings. The van der Waals surface area contributed by atoms with Gasteiger partial charge in [0, 0.05) is 0 Å². The zero-order valence-corrected chi connectivity index (χ0v) is 8.86. The first-order valence-corrected chi connectivity index (χ1v) is 4.29. The van der Waals surface area contributed by atoms with E-state index in [0.717, 1.165) is 0 Å². The lowest BCUT2D eigenvalue weighted by Crippen LogP contribution is -2.31. The zero-order chi connectivity index (χ0) is 11.4. The smallest absolute Gasteiger partial charge is 0.429 e. The second-order valence-electron chi connectivity index (χ2n) is 3.85. The van der Waals surface area contributed by atoms with Gasteiger partial charge in [0.2, 0.25) is 0 Å². The van der Waals surface area contributed by atoms with Gasteiger partial charge in [-0.05, 0) is 27.7 Å². The number of rotatable bonds is 3. The number of ether oxygens (including phenoxy) is 2. The molecule has 5 nitrogen and oxygen atoms in total. The maximum atomic E-state index is 11.0. The zero-order valence-electron chi connectivity index (χ0n) is 8.86. The van der Waals surface area contributed by atoms with Crippen LogP contribution in [0.15, 0.2) is 0 Å². The fourth-order valence-electron chi connectivity index (χ4n) is 0.613. The minimum absolute atomic E-state index is 0.559. The SMILES string of the molecule is C[C@H](OC(=O)OC(C)(C)C)C(=O)CO. The van der Waals surface area contributed by atoms with Gasteiger partial charge in [-0.2, -0.15) is 0 Å². The molecule has 0 aromatic rings. The Hall–Kier alpha value is -1.10. The van der Waals surface area contributed by atoms with Crippen molar-refractivity contribution < 1.29 is 24.2 Å². The van der Waals surface area contributed by atoms with Crippen molar-refractivity contribution in [1.29, 1.82) is 0 Å². The van der Waals surface area contributed by atoms with Crippen LogP contribution < -0.4 is 0 Å². The van der Waals surface area contributed by atoms with Gasteiger partial charge in [-0.3, -0.25) is 4.79 Å². The lowest BCUT2D eigenvalue weighted by molar-refractivity contribution is -0.131. The summed E-state index contributed by atoms with van der Waals surface area (Å²) in [6.07, 6.45) is -1.89. The predicted octanol–water partition coefficient (Wildman–Crippen LogP) is 0.888. The third-order valence-corrected chi connectivity index (χ3v) is 1.27. The molecule has 0 radical (unpaired) electrons. The summed E-state index contributed by atoms with van der Waals surface area (Å²) in [6.45, 7) is 5.79. The maximum absolute atomic E-state index is 11.0. The van der Waals surface area contributed by atoms with E-state index in [1.807, 2.05) is 0 Å². The van der Waals surface area contributed by atoms with Crippen molar-refractivity contribution in [1.82, 2.24) is 0 Å². The fraction of sp³-hybridized carbons (Fsp3) is 0.778. The van der Waals surface area contributed by atoms with Crippen LogP contribution in [-0.4, -0.2) is 35.4 Å². The van der Waals surface area contributed by atoms with Crippen molar-refractivity contribution in [3.8, 4) is 0 Å². The van der Waals surface area contributed by atoms with E-state index in [4.69, 9.17) is 9.84 Å². The molecule has 14 heavy (non-hydrogen) atoms. The van der Waals surface area contributed by atoms with Crippen LogP contribution in [0.1, 0.15) is 27.7 Å². The summed E-state index contributed by atoms with van der Waals surface area (Å²) >= 11 is 0. The van der Waals surface area contributed by atoms with Crippen molar-refractivity contribution in [2.45, 2.75) is 39.4 Å². The van der Waals surface area contributed by atoms with Crippen molar-refractivity contribution in [2.75, 3.05) is 6.61 Å². The van der Waals surface area contributed by atoms with Crippen LogP contribution in [0.2, 0.25) is 0 Å². The van der Waals surface area contributed by atoms with E-state index in [0.29, 0.717) is 0 Å². The van der Waals surface area contributed by atoms with Crippen LogP contribution in [0.5, 0.6) is 0 Å². The van der Waals surface area contributed by atoms with Crippen molar-refractivity contribution in [2.24, 2.45) is 0 Å². The van der Waals surface area contributed by atoms with Crippen LogP contribution in [0.25, 0.3) is 0 Å². The normalized spacial score (nSPS) is 13.2. The Morgan fingerprint density at radius 1 is 1.36 bits per heavy atom. The first-order chi connectivity index (χ1) is 6.26. The van der Waals surface area contributed by atoms with Gasteiger partial charge < -0.3 is 14.6 Å². The molecule has 0 bridgehead atoms. The molecule has 0 aromatic carbocycles. The Bertz CT molecular complexity index is 216. The van der Waals surface area contributed by atoms with E-state index in [-0.39, 0.29) is 0 Å². The quantitative estimate of drug-likeness (QED) is 0.691. The van der Waals surface area contributed by atoms with Gasteiger partial charge in [0.15, 0.2) is 11.9 Å². The summed E-state index contributed by atoms with van der Waals surface area (Å²) in [6, 6.07) is 0. The highest BCUT2D eigenvalue weighted by Gasteiger charge is 2.22. The first kappa shape index (κ1) is 12.9. The summed E-state index contributed by atoms with van der Waals surface area (Å²) in [5.74, 6) is -0.559. The van der Waals surface area contributed by atoms with Crippen LogP contribution in [0.4, 0.5) is 4.79 Å². The largest absolute Gasteiger partial charge is 0.509 e. The van der Waals surface area contributed by atoms with Gasteiger partial charge in [0.05, 0.1) is 0 Å². The Labute approximate surface area is 83.0 Å². The summed E-state index contributed by atoms with van der Waals surface area (Å²) in [5, 5.41) is 8.47. The Balaban J connectivity index is 4.01. The highest BCUT2D eigenvalue weighted by atomic mass is 16.7. The molecule has 5 heteroatoms. The summed E-state index contributed by atoms with van der Waals surface area (Å²) in [4.78, 5) is 21.8. The summed E-state index contributed by atoms with van der Waals surface area (Å²) < 4.78 is 9.42. The Kier molecular flexibility index (Phi) is 4.56. The number of hydrogen-bond donors (Lipinski definition) is 1. The minimum Gasteiger partial charge on any atom is -0.429 e. The molecule has 0 unspecified atom stereocenters. The molecule has 0 aliphatic carbocycles. The molecule has 0 aromatic heterocycles. The van der Waals surface area contributed by atoms with Crippen LogP contribution in [-0.2, 0) is 14.3 Å². The van der Waals surface area contributed by atoms with Gasteiger partial charge >= 0.3 is 6.16 Å². The fourth-order valence-corrected chi connectivity index (χ4v) is 0.613. The van der Waals surface area contributed by atoms with Crippen molar-refractivity contribution in [3.05, 3.63) is 0 Å². The molecule has 0 aliphatic heterocycles. The molecule has 0 saturated heterocycles. The van der Waals surface area contributed by atoms with E-state index < -0.39 is 30.3 Å². The van der Waals surface area contributed by atoms with Gasteiger partial charge in [-0.15, -0.1) is 0 Å². The van der Waals surface area contributed by atoms with Crippen LogP contribution >= 0.6 is 0 Å². The molecule has 1 N–H and O–H groups in total. The number of aliphatic hydroxyl groups is 1. The molecule has 0 amide bonds.